The van der Waals surface area contributed by atoms with Crippen LogP contribution in [0.2, 0.25) is 5.02 Å². The van der Waals surface area contributed by atoms with Gasteiger partial charge in [0.15, 0.2) is 5.78 Å². The van der Waals surface area contributed by atoms with Gasteiger partial charge in [-0.05, 0) is 42.5 Å². The monoisotopic (exact) mass is 365 g/mol. The molecule has 0 saturated heterocycles. The molecule has 0 aliphatic heterocycles. The number of benzene rings is 3. The van der Waals surface area contributed by atoms with Crippen molar-refractivity contribution in [1.82, 2.24) is 0 Å². The van der Waals surface area contributed by atoms with Crippen molar-refractivity contribution in [2.24, 2.45) is 0 Å². The highest BCUT2D eigenvalue weighted by molar-refractivity contribution is 6.30. The van der Waals surface area contributed by atoms with E-state index in [0.29, 0.717) is 17.0 Å². The summed E-state index contributed by atoms with van der Waals surface area (Å²) in [6.45, 7) is 0. The minimum Gasteiger partial charge on any atom is -0.496 e. The largest absolute Gasteiger partial charge is 0.496 e. The summed E-state index contributed by atoms with van der Waals surface area (Å²) in [5, 5.41) is 4.07. The predicted molar refractivity (Wildman–Crippen MR) is 106 cm³/mol. The molecular formula is C22H20ClNO2. The molecule has 4 heteroatoms. The van der Waals surface area contributed by atoms with Crippen molar-refractivity contribution in [3.63, 3.8) is 0 Å². The Hall–Kier alpha value is -2.78. The van der Waals surface area contributed by atoms with E-state index >= 15 is 0 Å². The maximum atomic E-state index is 12.8. The van der Waals surface area contributed by atoms with Gasteiger partial charge < -0.3 is 10.1 Å². The molecule has 0 fully saturated rings. The van der Waals surface area contributed by atoms with E-state index in [9.17, 15) is 4.79 Å². The van der Waals surface area contributed by atoms with Crippen molar-refractivity contribution < 1.29 is 9.53 Å². The number of methoxy groups -OCH3 is 1. The van der Waals surface area contributed by atoms with Gasteiger partial charge in [0, 0.05) is 28.3 Å². The molecule has 0 aliphatic carbocycles. The van der Waals surface area contributed by atoms with Crippen LogP contribution >= 0.6 is 11.6 Å². The van der Waals surface area contributed by atoms with E-state index in [1.54, 1.807) is 31.4 Å². The number of anilines is 1. The number of hydrogen-bond acceptors (Lipinski definition) is 3. The number of ether oxygens (including phenoxy) is 1. The fourth-order valence-corrected chi connectivity index (χ4v) is 2.99. The van der Waals surface area contributed by atoms with Crippen molar-refractivity contribution in [2.75, 3.05) is 12.4 Å². The maximum Gasteiger partial charge on any atom is 0.165 e. The first kappa shape index (κ1) is 18.0. The van der Waals surface area contributed by atoms with Crippen LogP contribution in [0.25, 0.3) is 0 Å². The Labute approximate surface area is 158 Å². The zero-order valence-corrected chi connectivity index (χ0v) is 15.2. The number of nitrogens with one attached hydrogen (secondary N) is 1. The van der Waals surface area contributed by atoms with Crippen LogP contribution in [0.15, 0.2) is 78.9 Å². The van der Waals surface area contributed by atoms with E-state index in [1.165, 1.54) is 0 Å². The quantitative estimate of drug-likeness (QED) is 0.540. The number of hydrogen-bond donors (Lipinski definition) is 1. The lowest BCUT2D eigenvalue weighted by atomic mass is 9.96. The first-order valence-electron chi connectivity index (χ1n) is 8.40. The highest BCUT2D eigenvalue weighted by Gasteiger charge is 2.20. The zero-order chi connectivity index (χ0) is 18.4. The summed E-state index contributed by atoms with van der Waals surface area (Å²) in [7, 11) is 1.64. The third-order valence-corrected chi connectivity index (χ3v) is 4.44. The molecule has 3 nitrogen and oxygen atoms in total. The number of rotatable bonds is 7. The minimum atomic E-state index is -0.211. The van der Waals surface area contributed by atoms with Gasteiger partial charge in [0.05, 0.1) is 13.2 Å². The normalized spacial score (nSPS) is 11.6. The highest BCUT2D eigenvalue weighted by Crippen LogP contribution is 2.31. The van der Waals surface area contributed by atoms with Crippen molar-refractivity contribution in [2.45, 2.75) is 12.5 Å². The van der Waals surface area contributed by atoms with Crippen LogP contribution < -0.4 is 10.1 Å². The molecular weight excluding hydrogens is 346 g/mol. The molecule has 0 heterocycles. The molecule has 0 bridgehead atoms. The third kappa shape index (κ3) is 4.44. The van der Waals surface area contributed by atoms with Crippen LogP contribution in [-0.2, 0) is 0 Å². The second kappa shape index (κ2) is 8.54. The molecule has 1 atom stereocenters. The minimum absolute atomic E-state index is 0.0426. The van der Waals surface area contributed by atoms with Crippen LogP contribution in [0.1, 0.15) is 28.4 Å². The molecule has 0 spiro atoms. The molecule has 3 aromatic rings. The van der Waals surface area contributed by atoms with Gasteiger partial charge in [0.25, 0.3) is 0 Å². The lowest BCUT2D eigenvalue weighted by Gasteiger charge is -2.22. The van der Waals surface area contributed by atoms with Crippen LogP contribution in [-0.4, -0.2) is 12.9 Å². The van der Waals surface area contributed by atoms with Crippen molar-refractivity contribution in [1.29, 1.82) is 0 Å². The Kier molecular flexibility index (Phi) is 5.92. The fraction of sp³-hybridized carbons (Fsp3) is 0.136. The Bertz CT molecular complexity index is 863. The van der Waals surface area contributed by atoms with Gasteiger partial charge >= 0.3 is 0 Å². The SMILES string of the molecule is COc1ccccc1C(CC(=O)c1ccc(Cl)cc1)Nc1ccccc1. The van der Waals surface area contributed by atoms with Gasteiger partial charge in [-0.3, -0.25) is 4.79 Å². The Morgan fingerprint density at radius 1 is 0.962 bits per heavy atom. The van der Waals surface area contributed by atoms with Gasteiger partial charge in [0.1, 0.15) is 5.75 Å². The molecule has 132 valence electrons. The molecule has 0 amide bonds. The second-order valence-corrected chi connectivity index (χ2v) is 6.38. The van der Waals surface area contributed by atoms with E-state index < -0.39 is 0 Å². The summed E-state index contributed by atoms with van der Waals surface area (Å²) < 4.78 is 5.50. The first-order chi connectivity index (χ1) is 12.7. The molecule has 0 saturated carbocycles. The third-order valence-electron chi connectivity index (χ3n) is 4.18. The number of Topliss-reactive ketones (excluding diaryl/α,β-unsaturated/α-hetero) is 1. The Balaban J connectivity index is 1.89. The van der Waals surface area contributed by atoms with E-state index in [0.717, 1.165) is 17.0 Å². The molecule has 1 N–H and O–H groups in total. The molecule has 0 aliphatic rings. The Morgan fingerprint density at radius 3 is 2.31 bits per heavy atom. The van der Waals surface area contributed by atoms with E-state index in [4.69, 9.17) is 16.3 Å². The van der Waals surface area contributed by atoms with E-state index in [-0.39, 0.29) is 11.8 Å². The average molecular weight is 366 g/mol. The lowest BCUT2D eigenvalue weighted by Crippen LogP contribution is -2.16. The highest BCUT2D eigenvalue weighted by atomic mass is 35.5. The van der Waals surface area contributed by atoms with E-state index in [2.05, 4.69) is 5.32 Å². The second-order valence-electron chi connectivity index (χ2n) is 5.94. The summed E-state index contributed by atoms with van der Waals surface area (Å²) >= 11 is 5.92. The molecule has 3 aromatic carbocycles. The number of ketones is 1. The molecule has 1 unspecified atom stereocenters. The van der Waals surface area contributed by atoms with Gasteiger partial charge in [-0.25, -0.2) is 0 Å². The number of carbonyl (C=O) groups excluding carboxylic acids is 1. The summed E-state index contributed by atoms with van der Waals surface area (Å²) in [5.74, 6) is 0.797. The van der Waals surface area contributed by atoms with Gasteiger partial charge in [-0.15, -0.1) is 0 Å². The van der Waals surface area contributed by atoms with Gasteiger partial charge in [-0.2, -0.15) is 0 Å². The maximum absolute atomic E-state index is 12.8. The number of halogens is 1. The van der Waals surface area contributed by atoms with Gasteiger partial charge in [-0.1, -0.05) is 48.0 Å². The van der Waals surface area contributed by atoms with Gasteiger partial charge in [0.2, 0.25) is 0 Å². The topological polar surface area (TPSA) is 38.3 Å². The van der Waals surface area contributed by atoms with E-state index in [1.807, 2.05) is 54.6 Å². The summed E-state index contributed by atoms with van der Waals surface area (Å²) in [5.41, 5.74) is 2.54. The van der Waals surface area contributed by atoms with Crippen molar-refractivity contribution >= 4 is 23.1 Å². The summed E-state index contributed by atoms with van der Waals surface area (Å²) in [4.78, 5) is 12.8. The van der Waals surface area contributed by atoms with Crippen LogP contribution in [0, 0.1) is 0 Å². The van der Waals surface area contributed by atoms with Crippen LogP contribution in [0.3, 0.4) is 0 Å². The Morgan fingerprint density at radius 2 is 1.62 bits per heavy atom. The standard InChI is InChI=1S/C22H20ClNO2/c1-26-22-10-6-5-9-19(22)20(24-18-7-3-2-4-8-18)15-21(25)16-11-13-17(23)14-12-16/h2-14,20,24H,15H2,1H3. The average Bonchev–Trinajstić information content (AvgIpc) is 2.68. The van der Waals surface area contributed by atoms with Crippen molar-refractivity contribution in [3.8, 4) is 5.75 Å². The molecule has 0 radical (unpaired) electrons. The fourth-order valence-electron chi connectivity index (χ4n) is 2.87. The smallest absolute Gasteiger partial charge is 0.165 e. The lowest BCUT2D eigenvalue weighted by molar-refractivity contribution is 0.0976. The number of para-hydroxylation sites is 2. The summed E-state index contributed by atoms with van der Waals surface area (Å²) in [6.07, 6.45) is 0.302. The summed E-state index contributed by atoms with van der Waals surface area (Å²) in [6, 6.07) is 24.4. The molecule has 0 aromatic heterocycles. The zero-order valence-electron chi connectivity index (χ0n) is 14.5. The van der Waals surface area contributed by atoms with Crippen LogP contribution in [0.5, 0.6) is 5.75 Å². The predicted octanol–water partition coefficient (Wildman–Crippen LogP) is 5.77. The molecule has 26 heavy (non-hydrogen) atoms. The number of carbonyl (C=O) groups is 1. The first-order valence-corrected chi connectivity index (χ1v) is 8.78. The van der Waals surface area contributed by atoms with Crippen LogP contribution in [0.4, 0.5) is 5.69 Å². The van der Waals surface area contributed by atoms with Crippen molar-refractivity contribution in [3.05, 3.63) is 95.0 Å². The molecule has 3 rings (SSSR count).